The Kier molecular flexibility index (Phi) is 5.08. The van der Waals surface area contributed by atoms with Crippen molar-refractivity contribution in [1.29, 1.82) is 0 Å². The molecule has 0 unspecified atom stereocenters. The number of hydrogen-bond acceptors (Lipinski definition) is 1. The van der Waals surface area contributed by atoms with Gasteiger partial charge in [-0.15, -0.1) is 0 Å². The molecule has 0 heterocycles. The fourth-order valence-corrected chi connectivity index (χ4v) is 5.08. The first-order chi connectivity index (χ1) is 7.67. The average Bonchev–Trinajstić information content (AvgIpc) is 2.27. The van der Waals surface area contributed by atoms with Crippen molar-refractivity contribution in [2.75, 3.05) is 0 Å². The lowest BCUT2D eigenvalue weighted by atomic mass is 10.1. The first-order valence-electron chi connectivity index (χ1n) is 7.07. The highest BCUT2D eigenvalue weighted by Crippen LogP contribution is 2.32. The van der Waals surface area contributed by atoms with Gasteiger partial charge in [-0.1, -0.05) is 26.1 Å². The molecule has 1 aliphatic rings. The molecule has 0 amide bonds. The summed E-state index contributed by atoms with van der Waals surface area (Å²) in [5, 5.41) is 0. The Balaban J connectivity index is 2.86. The SMILES string of the molecule is C[Si](C)(C)CC1=C(O[Si](C)(C)C)CCCCC1. The van der Waals surface area contributed by atoms with Gasteiger partial charge in [0.2, 0.25) is 8.32 Å². The molecule has 0 aromatic heterocycles. The summed E-state index contributed by atoms with van der Waals surface area (Å²) in [4.78, 5) is 0. The zero-order chi connectivity index (χ0) is 13.1. The summed E-state index contributed by atoms with van der Waals surface area (Å²) in [6, 6.07) is 1.34. The molecule has 17 heavy (non-hydrogen) atoms. The maximum Gasteiger partial charge on any atom is 0.241 e. The molecule has 3 heteroatoms. The topological polar surface area (TPSA) is 9.23 Å². The van der Waals surface area contributed by atoms with Gasteiger partial charge in [-0.05, 0) is 50.5 Å². The van der Waals surface area contributed by atoms with Gasteiger partial charge in [-0.2, -0.15) is 0 Å². The monoisotopic (exact) mass is 270 g/mol. The van der Waals surface area contributed by atoms with Gasteiger partial charge in [0.25, 0.3) is 0 Å². The van der Waals surface area contributed by atoms with E-state index in [1.165, 1.54) is 43.9 Å². The molecule has 0 fully saturated rings. The van der Waals surface area contributed by atoms with Crippen LogP contribution in [0.5, 0.6) is 0 Å². The van der Waals surface area contributed by atoms with Crippen LogP contribution in [0.3, 0.4) is 0 Å². The van der Waals surface area contributed by atoms with Gasteiger partial charge in [0, 0.05) is 14.5 Å². The molecule has 0 radical (unpaired) electrons. The highest BCUT2D eigenvalue weighted by Gasteiger charge is 2.24. The second-order valence-electron chi connectivity index (χ2n) is 7.54. The minimum atomic E-state index is -1.43. The second kappa shape index (κ2) is 5.74. The van der Waals surface area contributed by atoms with E-state index in [0.29, 0.717) is 0 Å². The Morgan fingerprint density at radius 1 is 0.882 bits per heavy atom. The first-order valence-corrected chi connectivity index (χ1v) is 14.2. The standard InChI is InChI=1S/C14H30OSi2/c1-16(2,3)12-13-10-8-7-9-11-14(13)15-17(4,5)6/h7-12H2,1-6H3. The van der Waals surface area contributed by atoms with E-state index in [1.54, 1.807) is 5.57 Å². The molecule has 0 aromatic carbocycles. The lowest BCUT2D eigenvalue weighted by Gasteiger charge is -2.26. The van der Waals surface area contributed by atoms with Crippen molar-refractivity contribution in [3.05, 3.63) is 11.3 Å². The molecule has 0 spiro atoms. The van der Waals surface area contributed by atoms with Gasteiger partial charge in [0.05, 0.1) is 5.76 Å². The van der Waals surface area contributed by atoms with E-state index in [2.05, 4.69) is 39.3 Å². The lowest BCUT2D eigenvalue weighted by molar-refractivity contribution is 0.390. The van der Waals surface area contributed by atoms with Crippen LogP contribution in [-0.4, -0.2) is 16.4 Å². The summed E-state index contributed by atoms with van der Waals surface area (Å²) in [7, 11) is -2.43. The second-order valence-corrected chi connectivity index (χ2v) is 17.4. The van der Waals surface area contributed by atoms with Crippen molar-refractivity contribution in [3.8, 4) is 0 Å². The highest BCUT2D eigenvalue weighted by molar-refractivity contribution is 6.76. The van der Waals surface area contributed by atoms with Crippen LogP contribution in [0.4, 0.5) is 0 Å². The predicted molar refractivity (Wildman–Crippen MR) is 82.7 cm³/mol. The third-order valence-electron chi connectivity index (χ3n) is 2.95. The largest absolute Gasteiger partial charge is 0.547 e. The highest BCUT2D eigenvalue weighted by atomic mass is 28.4. The number of rotatable bonds is 4. The van der Waals surface area contributed by atoms with E-state index in [-0.39, 0.29) is 0 Å². The maximum atomic E-state index is 6.36. The first kappa shape index (κ1) is 15.0. The quantitative estimate of drug-likeness (QED) is 0.622. The van der Waals surface area contributed by atoms with Gasteiger partial charge in [-0.3, -0.25) is 0 Å². The van der Waals surface area contributed by atoms with Gasteiger partial charge >= 0.3 is 0 Å². The molecular formula is C14H30OSi2. The third kappa shape index (κ3) is 6.46. The van der Waals surface area contributed by atoms with Crippen LogP contribution >= 0.6 is 0 Å². The molecule has 0 atom stereocenters. The van der Waals surface area contributed by atoms with Gasteiger partial charge in [-0.25, -0.2) is 0 Å². The van der Waals surface area contributed by atoms with E-state index in [1.807, 2.05) is 0 Å². The van der Waals surface area contributed by atoms with Gasteiger partial charge in [0.15, 0.2) is 0 Å². The van der Waals surface area contributed by atoms with Crippen LogP contribution in [0.2, 0.25) is 45.3 Å². The van der Waals surface area contributed by atoms with E-state index >= 15 is 0 Å². The number of hydrogen-bond donors (Lipinski definition) is 0. The summed E-state index contributed by atoms with van der Waals surface area (Å²) >= 11 is 0. The fourth-order valence-electron chi connectivity index (χ4n) is 2.44. The Bertz CT molecular complexity index is 254. The molecule has 0 aromatic rings. The fraction of sp³-hybridized carbons (Fsp3) is 0.857. The summed E-state index contributed by atoms with van der Waals surface area (Å²) in [5.74, 6) is 1.39. The van der Waals surface area contributed by atoms with Crippen LogP contribution in [0.15, 0.2) is 11.3 Å². The maximum absolute atomic E-state index is 6.36. The zero-order valence-electron chi connectivity index (χ0n) is 12.7. The van der Waals surface area contributed by atoms with Crippen molar-refractivity contribution in [1.82, 2.24) is 0 Å². The van der Waals surface area contributed by atoms with E-state index < -0.39 is 16.4 Å². The molecule has 1 aliphatic carbocycles. The minimum absolute atomic E-state index is 1.01. The molecular weight excluding hydrogens is 240 g/mol. The van der Waals surface area contributed by atoms with E-state index in [9.17, 15) is 0 Å². The molecule has 0 saturated carbocycles. The van der Waals surface area contributed by atoms with Gasteiger partial charge < -0.3 is 4.43 Å². The summed E-state index contributed by atoms with van der Waals surface area (Å²) in [6.07, 6.45) is 6.58. The van der Waals surface area contributed by atoms with Crippen molar-refractivity contribution >= 4 is 16.4 Å². The summed E-state index contributed by atoms with van der Waals surface area (Å²) in [5.41, 5.74) is 1.67. The van der Waals surface area contributed by atoms with Crippen LogP contribution in [0, 0.1) is 0 Å². The summed E-state index contributed by atoms with van der Waals surface area (Å²) in [6.45, 7) is 14.3. The summed E-state index contributed by atoms with van der Waals surface area (Å²) < 4.78 is 6.36. The van der Waals surface area contributed by atoms with Crippen molar-refractivity contribution in [3.63, 3.8) is 0 Å². The Morgan fingerprint density at radius 3 is 2.00 bits per heavy atom. The molecule has 1 rings (SSSR count). The normalized spacial score (nSPS) is 19.2. The molecule has 100 valence electrons. The number of allylic oxidation sites excluding steroid dienone is 2. The van der Waals surface area contributed by atoms with Crippen LogP contribution in [0.1, 0.15) is 32.1 Å². The molecule has 0 N–H and O–H groups in total. The van der Waals surface area contributed by atoms with Crippen LogP contribution < -0.4 is 0 Å². The molecule has 0 bridgehead atoms. The van der Waals surface area contributed by atoms with Crippen molar-refractivity contribution in [2.45, 2.75) is 77.4 Å². The Morgan fingerprint density at radius 2 is 1.47 bits per heavy atom. The minimum Gasteiger partial charge on any atom is -0.547 e. The zero-order valence-corrected chi connectivity index (χ0v) is 14.7. The Labute approximate surface area is 110 Å². The van der Waals surface area contributed by atoms with Crippen molar-refractivity contribution in [2.24, 2.45) is 0 Å². The Hall–Kier alpha value is -0.0262. The van der Waals surface area contributed by atoms with E-state index in [0.717, 1.165) is 0 Å². The van der Waals surface area contributed by atoms with Crippen molar-refractivity contribution < 1.29 is 4.43 Å². The lowest BCUT2D eigenvalue weighted by Crippen LogP contribution is -2.27. The molecule has 0 aliphatic heterocycles. The smallest absolute Gasteiger partial charge is 0.241 e. The third-order valence-corrected chi connectivity index (χ3v) is 5.30. The van der Waals surface area contributed by atoms with Crippen LogP contribution in [0.25, 0.3) is 0 Å². The van der Waals surface area contributed by atoms with E-state index in [4.69, 9.17) is 4.43 Å². The molecule has 0 saturated heterocycles. The van der Waals surface area contributed by atoms with Gasteiger partial charge in [0.1, 0.15) is 0 Å². The average molecular weight is 271 g/mol. The van der Waals surface area contributed by atoms with Crippen LogP contribution in [-0.2, 0) is 4.43 Å². The predicted octanol–water partition coefficient (Wildman–Crippen LogP) is 5.39. The molecule has 1 nitrogen and oxygen atoms in total.